The molecule has 4 heteroatoms. The Labute approximate surface area is 131 Å². The molecule has 2 aromatic carbocycles. The molecule has 104 valence electrons. The Bertz CT molecular complexity index is 601. The molecule has 2 rings (SSSR count). The molecule has 0 amide bonds. The van der Waals surface area contributed by atoms with Crippen molar-refractivity contribution in [3.05, 3.63) is 71.0 Å². The summed E-state index contributed by atoms with van der Waals surface area (Å²) in [5.74, 6) is 0.629. The summed E-state index contributed by atoms with van der Waals surface area (Å²) in [6.45, 7) is 4.32. The monoisotopic (exact) mass is 351 g/mol. The third kappa shape index (κ3) is 4.12. The molecule has 0 aliphatic heterocycles. The largest absolute Gasteiger partial charge is 0.380 e. The number of nitrogens with one attached hydrogen (secondary N) is 1. The number of anilines is 1. The van der Waals surface area contributed by atoms with E-state index in [1.165, 1.54) is 11.0 Å². The first-order valence-electron chi connectivity index (χ1n) is 6.21. The van der Waals surface area contributed by atoms with Crippen molar-refractivity contribution in [2.45, 2.75) is 11.4 Å². The van der Waals surface area contributed by atoms with Crippen molar-refractivity contribution in [1.82, 2.24) is 0 Å². The van der Waals surface area contributed by atoms with Gasteiger partial charge < -0.3 is 5.32 Å². The van der Waals surface area contributed by atoms with Gasteiger partial charge in [-0.2, -0.15) is 0 Å². The first kappa shape index (κ1) is 15.1. The Morgan fingerprint density at radius 2 is 2.05 bits per heavy atom. The summed E-state index contributed by atoms with van der Waals surface area (Å²) >= 11 is 4.88. The quantitative estimate of drug-likeness (QED) is 0.546. The van der Waals surface area contributed by atoms with Crippen molar-refractivity contribution >= 4 is 33.4 Å². The molecule has 0 unspecified atom stereocenters. The number of rotatable bonds is 6. The summed E-state index contributed by atoms with van der Waals surface area (Å²) in [6.07, 6.45) is 1.88. The van der Waals surface area contributed by atoms with Crippen LogP contribution in [0.25, 0.3) is 0 Å². The number of hydrogen-bond acceptors (Lipinski definition) is 2. The summed E-state index contributed by atoms with van der Waals surface area (Å²) in [5, 5.41) is 3.35. The van der Waals surface area contributed by atoms with Gasteiger partial charge >= 0.3 is 0 Å². The summed E-state index contributed by atoms with van der Waals surface area (Å²) in [4.78, 5) is 1.17. The van der Waals surface area contributed by atoms with Gasteiger partial charge in [-0.25, -0.2) is 4.39 Å². The summed E-state index contributed by atoms with van der Waals surface area (Å²) in [7, 11) is 0. The summed E-state index contributed by atoms with van der Waals surface area (Å²) in [5.41, 5.74) is 1.97. The Morgan fingerprint density at radius 1 is 1.25 bits per heavy atom. The van der Waals surface area contributed by atoms with Crippen molar-refractivity contribution in [2.75, 3.05) is 11.1 Å². The van der Waals surface area contributed by atoms with E-state index in [0.717, 1.165) is 17.0 Å². The maximum atomic E-state index is 13.5. The van der Waals surface area contributed by atoms with Crippen LogP contribution in [0.4, 0.5) is 10.1 Å². The van der Waals surface area contributed by atoms with Crippen LogP contribution in [0.15, 0.2) is 64.5 Å². The minimum atomic E-state index is -0.237. The molecule has 0 saturated carbocycles. The van der Waals surface area contributed by atoms with E-state index in [0.29, 0.717) is 11.0 Å². The van der Waals surface area contributed by atoms with Crippen LogP contribution in [0.5, 0.6) is 0 Å². The van der Waals surface area contributed by atoms with Gasteiger partial charge in [0.15, 0.2) is 0 Å². The number of thioether (sulfide) groups is 1. The number of halogens is 2. The van der Waals surface area contributed by atoms with Crippen LogP contribution in [0.1, 0.15) is 5.56 Å². The predicted octanol–water partition coefficient (Wildman–Crippen LogP) is 5.48. The molecule has 0 aliphatic rings. The lowest BCUT2D eigenvalue weighted by atomic mass is 10.2. The van der Waals surface area contributed by atoms with Crippen LogP contribution in [0.3, 0.4) is 0 Å². The Kier molecular flexibility index (Phi) is 5.68. The molecule has 20 heavy (non-hydrogen) atoms. The Hall–Kier alpha value is -1.26. The maximum absolute atomic E-state index is 13.5. The van der Waals surface area contributed by atoms with Crippen LogP contribution in [0.2, 0.25) is 0 Å². The normalized spacial score (nSPS) is 10.3. The lowest BCUT2D eigenvalue weighted by Gasteiger charge is -2.11. The van der Waals surface area contributed by atoms with Gasteiger partial charge in [0.05, 0.1) is 4.47 Å². The van der Waals surface area contributed by atoms with E-state index >= 15 is 0 Å². The van der Waals surface area contributed by atoms with Gasteiger partial charge in [0.2, 0.25) is 0 Å². The molecule has 0 aromatic heterocycles. The molecular weight excluding hydrogens is 337 g/mol. The zero-order valence-electron chi connectivity index (χ0n) is 10.9. The highest BCUT2D eigenvalue weighted by molar-refractivity contribution is 9.10. The minimum Gasteiger partial charge on any atom is -0.380 e. The second-order valence-corrected chi connectivity index (χ2v) is 6.11. The number of para-hydroxylation sites is 1. The van der Waals surface area contributed by atoms with E-state index in [-0.39, 0.29) is 5.82 Å². The minimum absolute atomic E-state index is 0.237. The molecule has 0 saturated heterocycles. The third-order valence-corrected chi connectivity index (χ3v) is 4.42. The second kappa shape index (κ2) is 7.50. The molecule has 1 N–H and O–H groups in total. The summed E-state index contributed by atoms with van der Waals surface area (Å²) in [6, 6.07) is 13.3. The average Bonchev–Trinajstić information content (AvgIpc) is 2.47. The van der Waals surface area contributed by atoms with Crippen molar-refractivity contribution in [2.24, 2.45) is 0 Å². The number of benzene rings is 2. The second-order valence-electron chi connectivity index (χ2n) is 4.20. The molecule has 0 heterocycles. The van der Waals surface area contributed by atoms with Gasteiger partial charge in [0.25, 0.3) is 0 Å². The third-order valence-electron chi connectivity index (χ3n) is 2.71. The van der Waals surface area contributed by atoms with Gasteiger partial charge in [-0.3, -0.25) is 0 Å². The molecule has 0 radical (unpaired) electrons. The van der Waals surface area contributed by atoms with E-state index in [4.69, 9.17) is 0 Å². The van der Waals surface area contributed by atoms with Crippen LogP contribution in [0, 0.1) is 5.82 Å². The van der Waals surface area contributed by atoms with Gasteiger partial charge in [-0.15, -0.1) is 18.3 Å². The molecule has 2 aromatic rings. The highest BCUT2D eigenvalue weighted by Gasteiger charge is 2.03. The molecule has 0 atom stereocenters. The van der Waals surface area contributed by atoms with Crippen LogP contribution >= 0.6 is 27.7 Å². The average molecular weight is 352 g/mol. The van der Waals surface area contributed by atoms with E-state index < -0.39 is 0 Å². The Morgan fingerprint density at radius 3 is 2.80 bits per heavy atom. The zero-order chi connectivity index (χ0) is 14.4. The van der Waals surface area contributed by atoms with Crippen LogP contribution in [-0.2, 0) is 6.54 Å². The smallest absolute Gasteiger partial charge is 0.137 e. The van der Waals surface area contributed by atoms with Crippen LogP contribution < -0.4 is 5.32 Å². The lowest BCUT2D eigenvalue weighted by Crippen LogP contribution is -2.01. The van der Waals surface area contributed by atoms with Gasteiger partial charge in [0.1, 0.15) is 5.82 Å². The van der Waals surface area contributed by atoms with Crippen molar-refractivity contribution < 1.29 is 4.39 Å². The fourth-order valence-electron chi connectivity index (χ4n) is 1.73. The first-order valence-corrected chi connectivity index (χ1v) is 7.99. The van der Waals surface area contributed by atoms with Gasteiger partial charge in [-0.05, 0) is 45.8 Å². The van der Waals surface area contributed by atoms with E-state index in [9.17, 15) is 4.39 Å². The van der Waals surface area contributed by atoms with Crippen molar-refractivity contribution in [3.63, 3.8) is 0 Å². The zero-order valence-corrected chi connectivity index (χ0v) is 13.3. The maximum Gasteiger partial charge on any atom is 0.137 e. The van der Waals surface area contributed by atoms with Crippen molar-refractivity contribution in [3.8, 4) is 0 Å². The van der Waals surface area contributed by atoms with Crippen LogP contribution in [-0.4, -0.2) is 5.75 Å². The fourth-order valence-corrected chi connectivity index (χ4v) is 2.75. The SMILES string of the molecule is C=CCSc1ccccc1NCc1ccc(Br)c(F)c1. The first-order chi connectivity index (χ1) is 9.70. The van der Waals surface area contributed by atoms with E-state index in [1.807, 2.05) is 30.3 Å². The van der Waals surface area contributed by atoms with Crippen molar-refractivity contribution in [1.29, 1.82) is 0 Å². The lowest BCUT2D eigenvalue weighted by molar-refractivity contribution is 0.619. The fraction of sp³-hybridized carbons (Fsp3) is 0.125. The van der Waals surface area contributed by atoms with Gasteiger partial charge in [-0.1, -0.05) is 24.3 Å². The Balaban J connectivity index is 2.06. The predicted molar refractivity (Wildman–Crippen MR) is 88.8 cm³/mol. The standard InChI is InChI=1S/C16H15BrFNS/c1-2-9-20-16-6-4-3-5-15(16)19-11-12-7-8-13(17)14(18)10-12/h2-8,10,19H,1,9,11H2. The summed E-state index contributed by atoms with van der Waals surface area (Å²) < 4.78 is 14.0. The molecule has 0 fully saturated rings. The highest BCUT2D eigenvalue weighted by Crippen LogP contribution is 2.27. The number of hydrogen-bond donors (Lipinski definition) is 1. The molecule has 0 aliphatic carbocycles. The molecular formula is C16H15BrFNS. The molecule has 1 nitrogen and oxygen atoms in total. The van der Waals surface area contributed by atoms with Gasteiger partial charge in [0, 0.05) is 22.9 Å². The van der Waals surface area contributed by atoms with E-state index in [2.05, 4.69) is 33.9 Å². The molecule has 0 bridgehead atoms. The molecule has 0 spiro atoms. The topological polar surface area (TPSA) is 12.0 Å². The highest BCUT2D eigenvalue weighted by atomic mass is 79.9. The van der Waals surface area contributed by atoms with E-state index in [1.54, 1.807) is 17.8 Å².